The molecule has 2 aromatic carbocycles. The maximum Gasteiger partial charge on any atom is 0.261 e. The highest BCUT2D eigenvalue weighted by molar-refractivity contribution is 6.31. The lowest BCUT2D eigenvalue weighted by atomic mass is 10.1. The average Bonchev–Trinajstić information content (AvgIpc) is 2.68. The first-order valence-electron chi connectivity index (χ1n) is 8.60. The highest BCUT2D eigenvalue weighted by atomic mass is 35.5. The van der Waals surface area contributed by atoms with Gasteiger partial charge in [-0.05, 0) is 37.3 Å². The number of aromatic nitrogens is 1. The Hall–Kier alpha value is -2.99. The summed E-state index contributed by atoms with van der Waals surface area (Å²) in [6.45, 7) is 3.51. The number of anilines is 1. The summed E-state index contributed by atoms with van der Waals surface area (Å²) in [6.07, 6.45) is 1.58. The van der Waals surface area contributed by atoms with Crippen LogP contribution in [0.3, 0.4) is 0 Å². The molecule has 0 unspecified atom stereocenters. The third-order valence-corrected chi connectivity index (χ3v) is 4.66. The lowest BCUT2D eigenvalue weighted by Crippen LogP contribution is -2.24. The highest BCUT2D eigenvalue weighted by Gasteiger charge is 2.17. The maximum atomic E-state index is 12.8. The first-order valence-corrected chi connectivity index (χ1v) is 8.98. The van der Waals surface area contributed by atoms with E-state index >= 15 is 0 Å². The van der Waals surface area contributed by atoms with Gasteiger partial charge in [-0.25, -0.2) is 0 Å². The van der Waals surface area contributed by atoms with Crippen molar-refractivity contribution in [2.75, 3.05) is 18.5 Å². The van der Waals surface area contributed by atoms with Crippen LogP contribution in [0, 0.1) is 0 Å². The van der Waals surface area contributed by atoms with Gasteiger partial charge in [-0.1, -0.05) is 11.6 Å². The van der Waals surface area contributed by atoms with Crippen molar-refractivity contribution in [3.63, 3.8) is 0 Å². The van der Waals surface area contributed by atoms with E-state index < -0.39 is 5.91 Å². The van der Waals surface area contributed by atoms with Crippen molar-refractivity contribution in [3.05, 3.63) is 63.4 Å². The lowest BCUT2D eigenvalue weighted by molar-refractivity contribution is 0.102. The fraction of sp³-hybridized carbons (Fsp3) is 0.200. The number of carbonyl (C=O) groups is 1. The molecule has 0 bridgehead atoms. The monoisotopic (exact) mass is 384 g/mol. The summed E-state index contributed by atoms with van der Waals surface area (Å²) in [5.41, 5.74) is 0.967. The molecule has 1 aromatic heterocycles. The molecule has 2 heterocycles. The van der Waals surface area contributed by atoms with Crippen molar-refractivity contribution >= 4 is 34.1 Å². The fourth-order valence-corrected chi connectivity index (χ4v) is 3.28. The summed E-state index contributed by atoms with van der Waals surface area (Å²) in [6, 6.07) is 10.2. The van der Waals surface area contributed by atoms with Gasteiger partial charge in [-0.2, -0.15) is 0 Å². The van der Waals surface area contributed by atoms with Crippen LogP contribution in [0.4, 0.5) is 5.69 Å². The SMILES string of the molecule is CCn1cc(C(=O)Nc2ccc3c(c2)OCCO3)c(=O)c2cc(Cl)ccc21. The molecule has 0 saturated carbocycles. The molecule has 1 aliphatic rings. The number of hydrogen-bond acceptors (Lipinski definition) is 4. The molecule has 1 aliphatic heterocycles. The summed E-state index contributed by atoms with van der Waals surface area (Å²) in [4.78, 5) is 25.6. The zero-order valence-electron chi connectivity index (χ0n) is 14.6. The third kappa shape index (κ3) is 3.24. The molecule has 0 atom stereocenters. The number of carbonyl (C=O) groups excluding carboxylic acids is 1. The van der Waals surface area contributed by atoms with Gasteiger partial charge >= 0.3 is 0 Å². The summed E-state index contributed by atoms with van der Waals surface area (Å²) < 4.78 is 12.9. The van der Waals surface area contributed by atoms with E-state index in [1.54, 1.807) is 42.6 Å². The van der Waals surface area contributed by atoms with Crippen molar-refractivity contribution < 1.29 is 14.3 Å². The molecule has 0 fully saturated rings. The number of halogens is 1. The summed E-state index contributed by atoms with van der Waals surface area (Å²) in [7, 11) is 0. The summed E-state index contributed by atoms with van der Waals surface area (Å²) >= 11 is 6.04. The minimum atomic E-state index is -0.485. The van der Waals surface area contributed by atoms with Crippen molar-refractivity contribution in [2.24, 2.45) is 0 Å². The molecule has 0 radical (unpaired) electrons. The van der Waals surface area contributed by atoms with E-state index in [-0.39, 0.29) is 11.0 Å². The zero-order valence-corrected chi connectivity index (χ0v) is 15.4. The Morgan fingerprint density at radius 3 is 2.70 bits per heavy atom. The number of aryl methyl sites for hydroxylation is 1. The minimum absolute atomic E-state index is 0.0569. The predicted octanol–water partition coefficient (Wildman–Crippen LogP) is 3.70. The predicted molar refractivity (Wildman–Crippen MR) is 104 cm³/mol. The Morgan fingerprint density at radius 2 is 1.93 bits per heavy atom. The molecule has 27 heavy (non-hydrogen) atoms. The van der Waals surface area contributed by atoms with Gasteiger partial charge < -0.3 is 19.4 Å². The van der Waals surface area contributed by atoms with E-state index in [2.05, 4.69) is 5.32 Å². The van der Waals surface area contributed by atoms with Crippen LogP contribution in [-0.4, -0.2) is 23.7 Å². The van der Waals surface area contributed by atoms with Crippen molar-refractivity contribution in [1.82, 2.24) is 4.57 Å². The molecule has 0 aliphatic carbocycles. The number of hydrogen-bond donors (Lipinski definition) is 1. The minimum Gasteiger partial charge on any atom is -0.486 e. The highest BCUT2D eigenvalue weighted by Crippen LogP contribution is 2.32. The Bertz CT molecular complexity index is 1110. The molecular formula is C20H17ClN2O4. The molecule has 4 rings (SSSR count). The van der Waals surface area contributed by atoms with E-state index in [1.807, 2.05) is 11.5 Å². The van der Waals surface area contributed by atoms with Crippen molar-refractivity contribution in [2.45, 2.75) is 13.5 Å². The standard InChI is InChI=1S/C20H17ClN2O4/c1-2-23-11-15(19(24)14-9-12(21)3-5-16(14)23)20(25)22-13-4-6-17-18(10-13)27-8-7-26-17/h3-6,9-11H,2,7-8H2,1H3,(H,22,25). The maximum absolute atomic E-state index is 12.8. The van der Waals surface area contributed by atoms with Crippen LogP contribution in [0.1, 0.15) is 17.3 Å². The molecule has 1 amide bonds. The Balaban J connectivity index is 1.72. The number of rotatable bonds is 3. The number of nitrogens with zero attached hydrogens (tertiary/aromatic N) is 1. The van der Waals surface area contributed by atoms with Gasteiger partial charge in [0, 0.05) is 34.9 Å². The van der Waals surface area contributed by atoms with E-state index in [0.29, 0.717) is 47.4 Å². The normalized spacial score (nSPS) is 12.8. The van der Waals surface area contributed by atoms with Crippen LogP contribution in [-0.2, 0) is 6.54 Å². The van der Waals surface area contributed by atoms with Crippen LogP contribution >= 0.6 is 11.6 Å². The number of amides is 1. The topological polar surface area (TPSA) is 69.6 Å². The van der Waals surface area contributed by atoms with Crippen molar-refractivity contribution in [3.8, 4) is 11.5 Å². The largest absolute Gasteiger partial charge is 0.486 e. The van der Waals surface area contributed by atoms with Crippen LogP contribution in [0.5, 0.6) is 11.5 Å². The number of benzene rings is 2. The second kappa shape index (κ2) is 6.96. The zero-order chi connectivity index (χ0) is 19.0. The average molecular weight is 385 g/mol. The smallest absolute Gasteiger partial charge is 0.261 e. The number of pyridine rings is 1. The second-order valence-corrected chi connectivity index (χ2v) is 6.57. The van der Waals surface area contributed by atoms with Gasteiger partial charge in [0.2, 0.25) is 5.43 Å². The molecule has 1 N–H and O–H groups in total. The van der Waals surface area contributed by atoms with E-state index in [4.69, 9.17) is 21.1 Å². The van der Waals surface area contributed by atoms with Gasteiger partial charge in [-0.15, -0.1) is 0 Å². The Kier molecular flexibility index (Phi) is 4.49. The summed E-state index contributed by atoms with van der Waals surface area (Å²) in [5, 5.41) is 3.63. The van der Waals surface area contributed by atoms with Gasteiger partial charge in [0.15, 0.2) is 11.5 Å². The lowest BCUT2D eigenvalue weighted by Gasteiger charge is -2.19. The van der Waals surface area contributed by atoms with E-state index in [0.717, 1.165) is 5.52 Å². The Morgan fingerprint density at radius 1 is 1.15 bits per heavy atom. The van der Waals surface area contributed by atoms with Gasteiger partial charge in [0.05, 0.1) is 5.52 Å². The van der Waals surface area contributed by atoms with Gasteiger partial charge in [0.1, 0.15) is 18.8 Å². The molecule has 3 aromatic rings. The second-order valence-electron chi connectivity index (χ2n) is 6.13. The van der Waals surface area contributed by atoms with Crippen LogP contribution < -0.4 is 20.2 Å². The van der Waals surface area contributed by atoms with Crippen LogP contribution in [0.25, 0.3) is 10.9 Å². The third-order valence-electron chi connectivity index (χ3n) is 4.43. The van der Waals surface area contributed by atoms with Gasteiger partial charge in [-0.3, -0.25) is 9.59 Å². The number of fused-ring (bicyclic) bond motifs is 2. The number of nitrogens with one attached hydrogen (secondary N) is 1. The quantitative estimate of drug-likeness (QED) is 0.747. The van der Waals surface area contributed by atoms with Crippen LogP contribution in [0.2, 0.25) is 5.02 Å². The summed E-state index contributed by atoms with van der Waals surface area (Å²) in [5.74, 6) is 0.712. The Labute approximate surface area is 160 Å². The molecule has 138 valence electrons. The molecule has 7 heteroatoms. The fourth-order valence-electron chi connectivity index (χ4n) is 3.11. The number of ether oxygens (including phenoxy) is 2. The molecule has 0 saturated heterocycles. The van der Waals surface area contributed by atoms with E-state index in [9.17, 15) is 9.59 Å². The molecule has 6 nitrogen and oxygen atoms in total. The van der Waals surface area contributed by atoms with Crippen molar-refractivity contribution in [1.29, 1.82) is 0 Å². The first kappa shape index (κ1) is 17.4. The van der Waals surface area contributed by atoms with Gasteiger partial charge in [0.25, 0.3) is 5.91 Å². The van der Waals surface area contributed by atoms with E-state index in [1.165, 1.54) is 0 Å². The molecule has 0 spiro atoms. The van der Waals surface area contributed by atoms with Crippen LogP contribution in [0.15, 0.2) is 47.4 Å². The molecular weight excluding hydrogens is 368 g/mol. The first-order chi connectivity index (χ1) is 13.1.